The molecule has 2 aromatic carbocycles. The van der Waals surface area contributed by atoms with Gasteiger partial charge in [0.1, 0.15) is 0 Å². The van der Waals surface area contributed by atoms with Crippen LogP contribution in [0.3, 0.4) is 0 Å². The van der Waals surface area contributed by atoms with Crippen LogP contribution >= 0.6 is 0 Å². The monoisotopic (exact) mass is 433 g/mol. The quantitative estimate of drug-likeness (QED) is 0.461. The standard InChI is InChI=1S/C25H27N3O4/c1-3-13-31-22-11-10-21(16-23(22)32-14-4-2)28-24(29)18-7-5-9-20(15-18)27-25(30)19-8-6-12-26-17-19/h5-12,15-17H,3-4,13-14H2,1-2H3,(H,27,30)(H,28,29). The Balaban J connectivity index is 1.71. The molecule has 32 heavy (non-hydrogen) atoms. The highest BCUT2D eigenvalue weighted by atomic mass is 16.5. The number of hydrogen-bond donors (Lipinski definition) is 2. The number of carbonyl (C=O) groups excluding carboxylic acids is 2. The number of nitrogens with one attached hydrogen (secondary N) is 2. The van der Waals surface area contributed by atoms with Crippen molar-refractivity contribution in [2.45, 2.75) is 26.7 Å². The molecule has 0 spiro atoms. The second-order valence-corrected chi connectivity index (χ2v) is 7.09. The fourth-order valence-corrected chi connectivity index (χ4v) is 2.88. The SMILES string of the molecule is CCCOc1ccc(NC(=O)c2cccc(NC(=O)c3cccnc3)c2)cc1OCCC. The highest BCUT2D eigenvalue weighted by Gasteiger charge is 2.12. The normalized spacial score (nSPS) is 10.3. The molecule has 2 amide bonds. The molecule has 0 unspecified atom stereocenters. The second kappa shape index (κ2) is 11.5. The van der Waals surface area contributed by atoms with E-state index in [9.17, 15) is 9.59 Å². The third kappa shape index (κ3) is 6.31. The van der Waals surface area contributed by atoms with Crippen molar-refractivity contribution in [1.82, 2.24) is 4.98 Å². The summed E-state index contributed by atoms with van der Waals surface area (Å²) < 4.78 is 11.5. The van der Waals surface area contributed by atoms with Gasteiger partial charge in [-0.2, -0.15) is 0 Å². The Morgan fingerprint density at radius 3 is 2.12 bits per heavy atom. The summed E-state index contributed by atoms with van der Waals surface area (Å²) >= 11 is 0. The van der Waals surface area contributed by atoms with E-state index in [1.54, 1.807) is 60.8 Å². The summed E-state index contributed by atoms with van der Waals surface area (Å²) in [6.07, 6.45) is 4.83. The van der Waals surface area contributed by atoms with E-state index >= 15 is 0 Å². The molecule has 0 fully saturated rings. The average Bonchev–Trinajstić information content (AvgIpc) is 2.82. The molecule has 0 saturated carbocycles. The number of benzene rings is 2. The molecular formula is C25H27N3O4. The molecule has 0 aliphatic carbocycles. The first kappa shape index (κ1) is 22.8. The number of carbonyl (C=O) groups is 2. The first-order valence-corrected chi connectivity index (χ1v) is 10.6. The molecule has 0 aliphatic heterocycles. The maximum Gasteiger partial charge on any atom is 0.257 e. The molecule has 0 atom stereocenters. The summed E-state index contributed by atoms with van der Waals surface area (Å²) in [7, 11) is 0. The minimum absolute atomic E-state index is 0.295. The first-order valence-electron chi connectivity index (χ1n) is 10.6. The van der Waals surface area contributed by atoms with Gasteiger partial charge < -0.3 is 20.1 Å². The van der Waals surface area contributed by atoms with Crippen LogP contribution in [0, 0.1) is 0 Å². The molecule has 0 radical (unpaired) electrons. The highest BCUT2D eigenvalue weighted by Crippen LogP contribution is 2.31. The largest absolute Gasteiger partial charge is 0.490 e. The maximum absolute atomic E-state index is 12.8. The van der Waals surface area contributed by atoms with Gasteiger partial charge in [0.2, 0.25) is 0 Å². The number of amides is 2. The number of ether oxygens (including phenoxy) is 2. The molecule has 1 heterocycles. The molecule has 0 bridgehead atoms. The lowest BCUT2D eigenvalue weighted by Gasteiger charge is -2.14. The number of aromatic nitrogens is 1. The van der Waals surface area contributed by atoms with Crippen molar-refractivity contribution in [1.29, 1.82) is 0 Å². The zero-order valence-corrected chi connectivity index (χ0v) is 18.3. The molecule has 1 aromatic heterocycles. The van der Waals surface area contributed by atoms with Crippen LogP contribution in [0.15, 0.2) is 67.0 Å². The topological polar surface area (TPSA) is 89.6 Å². The Kier molecular flexibility index (Phi) is 8.20. The number of nitrogens with zero attached hydrogens (tertiary/aromatic N) is 1. The summed E-state index contributed by atoms with van der Waals surface area (Å²) in [5, 5.41) is 5.65. The fraction of sp³-hybridized carbons (Fsp3) is 0.240. The highest BCUT2D eigenvalue weighted by molar-refractivity contribution is 6.07. The number of rotatable bonds is 10. The van der Waals surface area contributed by atoms with Gasteiger partial charge in [-0.15, -0.1) is 0 Å². The molecule has 7 heteroatoms. The minimum atomic E-state index is -0.300. The van der Waals surface area contributed by atoms with E-state index in [1.165, 1.54) is 6.20 Å². The Morgan fingerprint density at radius 2 is 1.44 bits per heavy atom. The first-order chi connectivity index (χ1) is 15.6. The minimum Gasteiger partial charge on any atom is -0.490 e. The lowest BCUT2D eigenvalue weighted by atomic mass is 10.1. The van der Waals surface area contributed by atoms with Crippen molar-refractivity contribution >= 4 is 23.2 Å². The number of anilines is 2. The van der Waals surface area contributed by atoms with Gasteiger partial charge in [0, 0.05) is 35.4 Å². The van der Waals surface area contributed by atoms with Gasteiger partial charge in [0.25, 0.3) is 11.8 Å². The predicted octanol–water partition coefficient (Wildman–Crippen LogP) is 5.16. The average molecular weight is 434 g/mol. The van der Waals surface area contributed by atoms with Gasteiger partial charge >= 0.3 is 0 Å². The zero-order valence-electron chi connectivity index (χ0n) is 18.3. The Labute approximate surface area is 187 Å². The predicted molar refractivity (Wildman–Crippen MR) is 125 cm³/mol. The third-order valence-corrected chi connectivity index (χ3v) is 4.43. The molecular weight excluding hydrogens is 406 g/mol. The summed E-state index contributed by atoms with van der Waals surface area (Å²) in [6.45, 7) is 5.21. The van der Waals surface area contributed by atoms with E-state index in [-0.39, 0.29) is 11.8 Å². The fourth-order valence-electron chi connectivity index (χ4n) is 2.88. The molecule has 7 nitrogen and oxygen atoms in total. The maximum atomic E-state index is 12.8. The van der Waals surface area contributed by atoms with Crippen LogP contribution in [0.5, 0.6) is 11.5 Å². The van der Waals surface area contributed by atoms with Crippen molar-refractivity contribution < 1.29 is 19.1 Å². The van der Waals surface area contributed by atoms with Crippen LogP contribution in [-0.4, -0.2) is 30.0 Å². The summed E-state index contributed by atoms with van der Waals surface area (Å²) in [5.41, 5.74) is 1.96. The van der Waals surface area contributed by atoms with Crippen LogP contribution in [0.25, 0.3) is 0 Å². The van der Waals surface area contributed by atoms with E-state index in [2.05, 4.69) is 15.6 Å². The third-order valence-electron chi connectivity index (χ3n) is 4.43. The van der Waals surface area contributed by atoms with Crippen LogP contribution < -0.4 is 20.1 Å². The van der Waals surface area contributed by atoms with Crippen LogP contribution in [0.2, 0.25) is 0 Å². The molecule has 3 rings (SSSR count). The van der Waals surface area contributed by atoms with E-state index in [0.717, 1.165) is 12.8 Å². The smallest absolute Gasteiger partial charge is 0.257 e. The lowest BCUT2D eigenvalue weighted by Crippen LogP contribution is -2.15. The van der Waals surface area contributed by atoms with Gasteiger partial charge in [0.05, 0.1) is 18.8 Å². The van der Waals surface area contributed by atoms with Crippen LogP contribution in [0.4, 0.5) is 11.4 Å². The van der Waals surface area contributed by atoms with Crippen LogP contribution in [-0.2, 0) is 0 Å². The molecule has 3 aromatic rings. The van der Waals surface area contributed by atoms with E-state index in [0.29, 0.717) is 47.2 Å². The summed E-state index contributed by atoms with van der Waals surface area (Å²) in [6, 6.07) is 15.4. The molecule has 0 aliphatic rings. The van der Waals surface area contributed by atoms with Crippen LogP contribution in [0.1, 0.15) is 47.4 Å². The van der Waals surface area contributed by atoms with Gasteiger partial charge in [-0.05, 0) is 55.3 Å². The molecule has 166 valence electrons. The Bertz CT molecular complexity index is 1050. The van der Waals surface area contributed by atoms with Crippen molar-refractivity contribution in [3.8, 4) is 11.5 Å². The Hall–Kier alpha value is -3.87. The summed E-state index contributed by atoms with van der Waals surface area (Å²) in [4.78, 5) is 29.1. The zero-order chi connectivity index (χ0) is 22.8. The van der Waals surface area contributed by atoms with Crippen molar-refractivity contribution in [2.24, 2.45) is 0 Å². The van der Waals surface area contributed by atoms with Gasteiger partial charge in [0.15, 0.2) is 11.5 Å². The van der Waals surface area contributed by atoms with Crippen molar-refractivity contribution in [3.05, 3.63) is 78.1 Å². The summed E-state index contributed by atoms with van der Waals surface area (Å²) in [5.74, 6) is 0.649. The molecule has 0 saturated heterocycles. The van der Waals surface area contributed by atoms with Gasteiger partial charge in [-0.1, -0.05) is 19.9 Å². The van der Waals surface area contributed by atoms with E-state index < -0.39 is 0 Å². The Morgan fingerprint density at radius 1 is 0.781 bits per heavy atom. The second-order valence-electron chi connectivity index (χ2n) is 7.09. The van der Waals surface area contributed by atoms with Crippen molar-refractivity contribution in [2.75, 3.05) is 23.8 Å². The number of hydrogen-bond acceptors (Lipinski definition) is 5. The van der Waals surface area contributed by atoms with Gasteiger partial charge in [-0.3, -0.25) is 14.6 Å². The van der Waals surface area contributed by atoms with Gasteiger partial charge in [-0.25, -0.2) is 0 Å². The van der Waals surface area contributed by atoms with Crippen molar-refractivity contribution in [3.63, 3.8) is 0 Å². The van der Waals surface area contributed by atoms with E-state index in [1.807, 2.05) is 13.8 Å². The number of pyridine rings is 1. The van der Waals surface area contributed by atoms with E-state index in [4.69, 9.17) is 9.47 Å². The molecule has 2 N–H and O–H groups in total. The lowest BCUT2D eigenvalue weighted by molar-refractivity contribution is 0.101.